The molecule has 0 nitrogen and oxygen atoms in total. The van der Waals surface area contributed by atoms with Crippen molar-refractivity contribution in [3.05, 3.63) is 34.1 Å². The molecule has 0 aromatic heterocycles. The summed E-state index contributed by atoms with van der Waals surface area (Å²) in [5.41, 5.74) is 0.786. The molecule has 15 heavy (non-hydrogen) atoms. The Morgan fingerprint density at radius 3 is 2.60 bits per heavy atom. The zero-order chi connectivity index (χ0) is 11.4. The predicted octanol–water partition coefficient (Wildman–Crippen LogP) is 5.26. The summed E-state index contributed by atoms with van der Waals surface area (Å²) in [6.45, 7) is 4.19. The molecule has 3 heteroatoms. The molecular weight excluding hydrogens is 323 g/mol. The third-order valence-corrected chi connectivity index (χ3v) is 4.30. The normalized spacial score (nSPS) is 15.0. The second kappa shape index (κ2) is 6.00. The Morgan fingerprint density at radius 1 is 1.40 bits per heavy atom. The van der Waals surface area contributed by atoms with Crippen molar-refractivity contribution in [3.63, 3.8) is 0 Å². The topological polar surface area (TPSA) is 0 Å². The number of hydrogen-bond acceptors (Lipinski definition) is 0. The molecule has 1 rings (SSSR count). The van der Waals surface area contributed by atoms with Gasteiger partial charge >= 0.3 is 0 Å². The third kappa shape index (κ3) is 3.56. The summed E-state index contributed by atoms with van der Waals surface area (Å²) in [6.07, 6.45) is 2.18. The molecule has 0 fully saturated rings. The largest absolute Gasteiger partial charge is 0.207 e. The van der Waals surface area contributed by atoms with Crippen LogP contribution in [0.25, 0.3) is 0 Å². The molecule has 0 spiro atoms. The van der Waals surface area contributed by atoms with Crippen molar-refractivity contribution < 1.29 is 4.39 Å². The summed E-state index contributed by atoms with van der Waals surface area (Å²) < 4.78 is 14.4. The Morgan fingerprint density at radius 2 is 2.07 bits per heavy atom. The maximum Gasteiger partial charge on any atom is 0.127 e. The number of alkyl halides is 1. The number of benzene rings is 1. The molecule has 0 aliphatic rings. The van der Waals surface area contributed by atoms with Gasteiger partial charge < -0.3 is 0 Å². The molecule has 1 aromatic rings. The van der Waals surface area contributed by atoms with Crippen LogP contribution in [-0.2, 0) is 0 Å². The van der Waals surface area contributed by atoms with Gasteiger partial charge in [0.05, 0.1) is 0 Å². The van der Waals surface area contributed by atoms with E-state index >= 15 is 0 Å². The van der Waals surface area contributed by atoms with Gasteiger partial charge in [-0.3, -0.25) is 0 Å². The van der Waals surface area contributed by atoms with Crippen LogP contribution in [0.2, 0.25) is 0 Å². The molecular formula is C12H15Br2F. The van der Waals surface area contributed by atoms with Gasteiger partial charge in [-0.2, -0.15) is 0 Å². The van der Waals surface area contributed by atoms with E-state index in [2.05, 4.69) is 45.7 Å². The van der Waals surface area contributed by atoms with Crippen LogP contribution >= 0.6 is 31.9 Å². The molecule has 0 N–H and O–H groups in total. The van der Waals surface area contributed by atoms with Crippen molar-refractivity contribution >= 4 is 31.9 Å². The molecule has 0 amide bonds. The van der Waals surface area contributed by atoms with Crippen LogP contribution in [0.3, 0.4) is 0 Å². The van der Waals surface area contributed by atoms with Crippen molar-refractivity contribution in [2.75, 3.05) is 0 Å². The van der Waals surface area contributed by atoms with Gasteiger partial charge in [-0.05, 0) is 30.0 Å². The maximum atomic E-state index is 13.7. The first-order valence-electron chi connectivity index (χ1n) is 5.15. The smallest absolute Gasteiger partial charge is 0.127 e. The first-order chi connectivity index (χ1) is 7.06. The fourth-order valence-corrected chi connectivity index (χ4v) is 2.67. The molecule has 0 saturated heterocycles. The van der Waals surface area contributed by atoms with Crippen molar-refractivity contribution in [1.29, 1.82) is 0 Å². The average Bonchev–Trinajstić information content (AvgIpc) is 2.17. The molecule has 1 aromatic carbocycles. The first kappa shape index (κ1) is 13.2. The highest BCUT2D eigenvalue weighted by Gasteiger charge is 2.18. The van der Waals surface area contributed by atoms with Gasteiger partial charge in [-0.1, -0.05) is 58.2 Å². The van der Waals surface area contributed by atoms with Crippen molar-refractivity contribution in [1.82, 2.24) is 0 Å². The molecule has 0 aliphatic carbocycles. The maximum absolute atomic E-state index is 13.7. The average molecular weight is 338 g/mol. The number of halogens is 3. The summed E-state index contributed by atoms with van der Waals surface area (Å²) in [6, 6.07) is 5.27. The van der Waals surface area contributed by atoms with E-state index in [4.69, 9.17) is 0 Å². The molecule has 2 unspecified atom stereocenters. The standard InChI is InChI=1S/C12H15Br2F/c1-3-4-11(14)8(2)10-6-5-9(13)7-12(10)15/h5-8,11H,3-4H2,1-2H3. The van der Waals surface area contributed by atoms with E-state index < -0.39 is 0 Å². The lowest BCUT2D eigenvalue weighted by Crippen LogP contribution is -2.10. The second-order valence-corrected chi connectivity index (χ2v) is 5.85. The minimum atomic E-state index is -0.127. The van der Waals surface area contributed by atoms with Gasteiger partial charge in [-0.15, -0.1) is 0 Å². The van der Waals surface area contributed by atoms with Crippen molar-refractivity contribution in [2.45, 2.75) is 37.4 Å². The van der Waals surface area contributed by atoms with E-state index in [-0.39, 0.29) is 11.7 Å². The monoisotopic (exact) mass is 336 g/mol. The van der Waals surface area contributed by atoms with Crippen LogP contribution in [0, 0.1) is 5.82 Å². The summed E-state index contributed by atoms with van der Waals surface area (Å²) in [4.78, 5) is 0.346. The summed E-state index contributed by atoms with van der Waals surface area (Å²) in [7, 11) is 0. The van der Waals surface area contributed by atoms with Gasteiger partial charge in [-0.25, -0.2) is 4.39 Å². The highest BCUT2D eigenvalue weighted by molar-refractivity contribution is 9.10. The van der Waals surface area contributed by atoms with Gasteiger partial charge in [0.15, 0.2) is 0 Å². The van der Waals surface area contributed by atoms with Crippen molar-refractivity contribution in [2.24, 2.45) is 0 Å². The van der Waals surface area contributed by atoms with Crippen LogP contribution in [0.15, 0.2) is 22.7 Å². The zero-order valence-corrected chi connectivity index (χ0v) is 12.1. The van der Waals surface area contributed by atoms with Crippen LogP contribution in [0.4, 0.5) is 4.39 Å². The van der Waals surface area contributed by atoms with Gasteiger partial charge in [0, 0.05) is 9.30 Å². The highest BCUT2D eigenvalue weighted by atomic mass is 79.9. The number of rotatable bonds is 4. The Labute approximate surface area is 108 Å². The lowest BCUT2D eigenvalue weighted by Gasteiger charge is -2.18. The molecule has 0 heterocycles. The van der Waals surface area contributed by atoms with Gasteiger partial charge in [0.2, 0.25) is 0 Å². The Balaban J connectivity index is 2.86. The number of hydrogen-bond donors (Lipinski definition) is 0. The van der Waals surface area contributed by atoms with E-state index in [1.165, 1.54) is 6.07 Å². The third-order valence-electron chi connectivity index (χ3n) is 2.56. The van der Waals surface area contributed by atoms with E-state index in [0.717, 1.165) is 22.9 Å². The predicted molar refractivity (Wildman–Crippen MR) is 70.1 cm³/mol. The quantitative estimate of drug-likeness (QED) is 0.658. The lowest BCUT2D eigenvalue weighted by molar-refractivity contribution is 0.570. The Kier molecular flexibility index (Phi) is 5.27. The molecule has 0 aliphatic heterocycles. The molecule has 0 saturated carbocycles. The van der Waals surface area contributed by atoms with E-state index in [0.29, 0.717) is 4.83 Å². The highest BCUT2D eigenvalue weighted by Crippen LogP contribution is 2.30. The van der Waals surface area contributed by atoms with Crippen LogP contribution < -0.4 is 0 Å². The summed E-state index contributed by atoms with van der Waals surface area (Å²) in [5.74, 6) is 0.0791. The van der Waals surface area contributed by atoms with E-state index in [1.54, 1.807) is 0 Å². The van der Waals surface area contributed by atoms with Crippen LogP contribution in [0.1, 0.15) is 38.2 Å². The molecule has 0 radical (unpaired) electrons. The van der Waals surface area contributed by atoms with E-state index in [9.17, 15) is 4.39 Å². The van der Waals surface area contributed by atoms with E-state index in [1.807, 2.05) is 12.1 Å². The molecule has 0 bridgehead atoms. The molecule has 84 valence electrons. The minimum absolute atomic E-state index is 0.127. The van der Waals surface area contributed by atoms with Crippen LogP contribution in [0.5, 0.6) is 0 Å². The second-order valence-electron chi connectivity index (χ2n) is 3.76. The van der Waals surface area contributed by atoms with Crippen molar-refractivity contribution in [3.8, 4) is 0 Å². The first-order valence-corrected chi connectivity index (χ1v) is 6.86. The SMILES string of the molecule is CCCC(Br)C(C)c1ccc(Br)cc1F. The lowest BCUT2D eigenvalue weighted by atomic mass is 9.95. The summed E-state index contributed by atoms with van der Waals surface area (Å²) in [5, 5.41) is 0. The zero-order valence-electron chi connectivity index (χ0n) is 8.93. The van der Waals surface area contributed by atoms with Gasteiger partial charge in [0.25, 0.3) is 0 Å². The minimum Gasteiger partial charge on any atom is -0.207 e. The molecule has 2 atom stereocenters. The summed E-state index contributed by atoms with van der Waals surface area (Å²) >= 11 is 6.88. The van der Waals surface area contributed by atoms with Crippen LogP contribution in [-0.4, -0.2) is 4.83 Å². The van der Waals surface area contributed by atoms with Gasteiger partial charge in [0.1, 0.15) is 5.82 Å². The fraction of sp³-hybridized carbons (Fsp3) is 0.500. The fourth-order valence-electron chi connectivity index (χ4n) is 1.59. The Bertz CT molecular complexity index is 325. The Hall–Kier alpha value is 0.110.